The number of anilines is 3. The van der Waals surface area contributed by atoms with Crippen LogP contribution in [0.2, 0.25) is 0 Å². The zero-order valence-corrected chi connectivity index (χ0v) is 61.7. The molecule has 9 N–H and O–H groups in total. The Labute approximate surface area is 612 Å². The normalized spacial score (nSPS) is 22.1. The second kappa shape index (κ2) is 29.2. The summed E-state index contributed by atoms with van der Waals surface area (Å²) in [6.45, 7) is 23.6. The summed E-state index contributed by atoms with van der Waals surface area (Å²) in [6.07, 6.45) is 15.5. The number of piperidine rings is 2. The molecule has 5 unspecified atom stereocenters. The lowest BCUT2D eigenvalue weighted by Crippen LogP contribution is -2.64. The second-order valence-corrected chi connectivity index (χ2v) is 29.9. The molecule has 5 atom stereocenters. The Morgan fingerprint density at radius 3 is 1.07 bits per heavy atom. The molecule has 3 aromatic carbocycles. The molecule has 2 bridgehead atoms. The number of nitrogens with one attached hydrogen (secondary N) is 3. The van der Waals surface area contributed by atoms with E-state index in [1.54, 1.807) is 42.7 Å². The average molecular weight is 1440 g/mol. The highest BCUT2D eigenvalue weighted by atomic mass is 16.5. The van der Waals surface area contributed by atoms with Crippen LogP contribution in [0.25, 0.3) is 33.8 Å². The number of nitrogens with two attached hydrogens (primary N) is 3. The number of benzene rings is 3. The summed E-state index contributed by atoms with van der Waals surface area (Å²) < 4.78 is 39.2. The summed E-state index contributed by atoms with van der Waals surface area (Å²) in [4.78, 5) is 79.7. The summed E-state index contributed by atoms with van der Waals surface area (Å²) >= 11 is 0. The Kier molecular flexibility index (Phi) is 20.3. The smallest absolute Gasteiger partial charge is 0.254 e. The van der Waals surface area contributed by atoms with Gasteiger partial charge in [-0.05, 0) is 181 Å². The molecule has 6 aromatic rings. The zero-order valence-electron chi connectivity index (χ0n) is 61.7. The number of fused-ring (bicyclic) bond motifs is 5. The Morgan fingerprint density at radius 1 is 0.438 bits per heavy atom. The molecule has 9 heterocycles. The molecule has 6 fully saturated rings. The highest BCUT2D eigenvalue weighted by Crippen LogP contribution is 2.60. The number of primary amides is 3. The first-order valence-corrected chi connectivity index (χ1v) is 36.4. The molecule has 15 rings (SSSR count). The third kappa shape index (κ3) is 13.1. The fourth-order valence-corrected chi connectivity index (χ4v) is 19.0. The van der Waals surface area contributed by atoms with Crippen LogP contribution in [0.3, 0.4) is 0 Å². The largest absolute Gasteiger partial charge is 0.496 e. The summed E-state index contributed by atoms with van der Waals surface area (Å²) in [7, 11) is 9.65. The fraction of sp³-hybridized carbons (Fsp3) is 0.500. The number of carbonyl (C=O) groups is 6. The third-order valence-corrected chi connectivity index (χ3v) is 24.2. The standard InChI is InChI=1S/C27H35N5O4.C26H33N5O4.C25H31N5O4/c1-5-22(33)31-10-7-27(8-11-31)14-18(15-27)19-6-9-29-26-23(25(28)34)24(30-32(19)26)17-12-20(35-3)16(2)21(13-17)36-4;1-5-21(32)30-12-15-6-7-16(13-30)22(15)18-8-9-28-26-23(25(27)33)24(29-31(18)26)17-10-19(34-3)14(2)20(11-17)35-4;1-5-20(31)29-12-25(13-29)10-16(11-25)17-6-7-27-24-21(23(26)32)22(28-30(17)24)15-8-18(33-3)14(2)19(9-15)34-4/h5,12-13,18-19,29H,1,6-11,14-15H2,2-4H3,(H2,28,34);5,10-11,15-16,18,22,28H,1,6-9,12-13H2,2-4H3,(H2,27,33);5,8-9,16-17,27H,1,6-7,10-13H2,2-4H3,(H2,26,32). The van der Waals surface area contributed by atoms with Crippen molar-refractivity contribution in [3.63, 3.8) is 0 Å². The van der Waals surface area contributed by atoms with Crippen LogP contribution in [0.5, 0.6) is 34.5 Å². The van der Waals surface area contributed by atoms with Crippen LogP contribution in [-0.2, 0) is 14.4 Å². The average Bonchev–Trinajstić information content (AvgIpc) is 1.72. The highest BCUT2D eigenvalue weighted by Gasteiger charge is 2.57. The number of likely N-dealkylation sites (tertiary alicyclic amines) is 3. The van der Waals surface area contributed by atoms with E-state index in [4.69, 9.17) is 60.9 Å². The molecular formula is C78H99N15O12. The summed E-state index contributed by atoms with van der Waals surface area (Å²) in [6, 6.07) is 11.7. The van der Waals surface area contributed by atoms with Gasteiger partial charge in [-0.2, -0.15) is 15.3 Å². The van der Waals surface area contributed by atoms with Crippen molar-refractivity contribution < 1.29 is 57.2 Å². The Balaban J connectivity index is 0.000000140. The monoisotopic (exact) mass is 1440 g/mol. The van der Waals surface area contributed by atoms with Gasteiger partial charge in [0.1, 0.15) is 85.7 Å². The molecule has 27 heteroatoms. The molecule has 0 radical (unpaired) electrons. The molecule has 9 aliphatic rings. The van der Waals surface area contributed by atoms with E-state index in [9.17, 15) is 28.8 Å². The SMILES string of the molecule is C=CC(=O)N1CC2(CC(C3CCNc4c(C(N)=O)c(-c5cc(OC)c(C)c(OC)c5)nn43)C2)C1.C=CC(=O)N1CC2CCC(C1)C2C1CCNc2c(C(N)=O)c(-c3cc(OC)c(C)c(OC)c3)nn21.C=CC(=O)N1CCC2(CC1)CC(C1CCNc3c(C(N)=O)c(-c4cc(OC)c(C)c(OC)c4)nn31)C2. The molecule has 3 saturated carbocycles. The van der Waals surface area contributed by atoms with Crippen molar-refractivity contribution in [1.82, 2.24) is 44.0 Å². The number of carbonyl (C=O) groups excluding carboxylic acids is 6. The van der Waals surface area contributed by atoms with Gasteiger partial charge in [-0.3, -0.25) is 28.8 Å². The number of hydrogen-bond acceptors (Lipinski definition) is 18. The predicted octanol–water partition coefficient (Wildman–Crippen LogP) is 9.29. The van der Waals surface area contributed by atoms with Crippen molar-refractivity contribution in [2.75, 3.05) is 118 Å². The van der Waals surface area contributed by atoms with Gasteiger partial charge < -0.3 is 76.3 Å². The quantitative estimate of drug-likeness (QED) is 0.0436. The van der Waals surface area contributed by atoms with Crippen molar-refractivity contribution in [1.29, 1.82) is 0 Å². The van der Waals surface area contributed by atoms with Crippen LogP contribution in [0.15, 0.2) is 74.4 Å². The molecule has 3 aromatic heterocycles. The minimum Gasteiger partial charge on any atom is -0.496 e. The lowest BCUT2D eigenvalue weighted by atomic mass is 9.55. The van der Waals surface area contributed by atoms with E-state index in [1.165, 1.54) is 18.2 Å². The minimum atomic E-state index is -0.526. The molecular weight excluding hydrogens is 1340 g/mol. The van der Waals surface area contributed by atoms with Crippen LogP contribution in [0.1, 0.15) is 137 Å². The van der Waals surface area contributed by atoms with Gasteiger partial charge in [-0.1, -0.05) is 19.7 Å². The first kappa shape index (κ1) is 72.9. The number of rotatable bonds is 18. The van der Waals surface area contributed by atoms with Crippen molar-refractivity contribution in [3.8, 4) is 68.3 Å². The van der Waals surface area contributed by atoms with Gasteiger partial charge in [-0.25, -0.2) is 14.0 Å². The lowest BCUT2D eigenvalue weighted by Gasteiger charge is -2.60. The van der Waals surface area contributed by atoms with Crippen LogP contribution >= 0.6 is 0 Å². The second-order valence-electron chi connectivity index (χ2n) is 29.9. The van der Waals surface area contributed by atoms with Gasteiger partial charge in [0.2, 0.25) is 17.7 Å². The molecule has 27 nitrogen and oxygen atoms in total. The van der Waals surface area contributed by atoms with Crippen LogP contribution in [0, 0.1) is 61.2 Å². The molecule has 6 aliphatic heterocycles. The van der Waals surface area contributed by atoms with E-state index in [0.717, 1.165) is 163 Å². The number of nitrogens with zero attached hydrogens (tertiary/aromatic N) is 9. The minimum absolute atomic E-state index is 0.00463. The van der Waals surface area contributed by atoms with E-state index in [2.05, 4.69) is 35.7 Å². The number of methoxy groups -OCH3 is 6. The van der Waals surface area contributed by atoms with Gasteiger partial charge in [0, 0.05) is 97.7 Å². The highest BCUT2D eigenvalue weighted by molar-refractivity contribution is 6.06. The lowest BCUT2D eigenvalue weighted by molar-refractivity contribution is -0.152. The number of aromatic nitrogens is 6. The number of ether oxygens (including phenoxy) is 6. The van der Waals surface area contributed by atoms with E-state index in [1.807, 2.05) is 85.9 Å². The van der Waals surface area contributed by atoms with E-state index < -0.39 is 17.7 Å². The maximum Gasteiger partial charge on any atom is 0.254 e. The van der Waals surface area contributed by atoms with E-state index >= 15 is 0 Å². The first-order chi connectivity index (χ1) is 50.5. The topological polar surface area (TPSA) is 335 Å². The molecule has 105 heavy (non-hydrogen) atoms. The third-order valence-electron chi connectivity index (χ3n) is 24.2. The van der Waals surface area contributed by atoms with Crippen molar-refractivity contribution in [2.24, 2.45) is 57.6 Å². The Hall–Kier alpha value is -10.5. The van der Waals surface area contributed by atoms with Crippen molar-refractivity contribution >= 4 is 52.9 Å². The Morgan fingerprint density at radius 2 is 0.743 bits per heavy atom. The van der Waals surface area contributed by atoms with Gasteiger partial charge in [0.15, 0.2) is 0 Å². The van der Waals surface area contributed by atoms with Crippen LogP contribution in [0.4, 0.5) is 17.5 Å². The molecule has 558 valence electrons. The maximum absolute atomic E-state index is 12.7. The van der Waals surface area contributed by atoms with Gasteiger partial charge in [-0.15, -0.1) is 0 Å². The molecule has 3 saturated heterocycles. The zero-order chi connectivity index (χ0) is 74.7. The van der Waals surface area contributed by atoms with Gasteiger partial charge in [0.25, 0.3) is 17.7 Å². The van der Waals surface area contributed by atoms with Gasteiger partial charge >= 0.3 is 0 Å². The summed E-state index contributed by atoms with van der Waals surface area (Å²) in [5.74, 6) is 6.58. The van der Waals surface area contributed by atoms with E-state index in [-0.39, 0.29) is 41.3 Å². The Bertz CT molecular complexity index is 4350. The van der Waals surface area contributed by atoms with Gasteiger partial charge in [0.05, 0.1) is 60.8 Å². The summed E-state index contributed by atoms with van der Waals surface area (Å²) in [5.41, 5.74) is 25.7. The van der Waals surface area contributed by atoms with Crippen LogP contribution in [-0.4, -0.2) is 181 Å². The summed E-state index contributed by atoms with van der Waals surface area (Å²) in [5, 5.41) is 25.0. The fourth-order valence-electron chi connectivity index (χ4n) is 19.0. The van der Waals surface area contributed by atoms with E-state index in [0.29, 0.717) is 121 Å². The number of amides is 6. The van der Waals surface area contributed by atoms with Crippen molar-refractivity contribution in [3.05, 3.63) is 108 Å². The van der Waals surface area contributed by atoms with Crippen molar-refractivity contribution in [2.45, 2.75) is 110 Å². The number of hydrogen-bond donors (Lipinski definition) is 6. The molecule has 3 aliphatic carbocycles. The maximum atomic E-state index is 12.7. The predicted molar refractivity (Wildman–Crippen MR) is 398 cm³/mol. The molecule has 2 spiro atoms. The molecule has 6 amide bonds. The first-order valence-electron chi connectivity index (χ1n) is 36.4. The van der Waals surface area contributed by atoms with Crippen LogP contribution < -0.4 is 61.6 Å².